The van der Waals surface area contributed by atoms with Crippen LogP contribution >= 0.6 is 31.9 Å². The topological polar surface area (TPSA) is 6.48 Å². The molecule has 0 N–H and O–H groups in total. The van der Waals surface area contributed by atoms with Gasteiger partial charge in [0.05, 0.1) is 0 Å². The lowest BCUT2D eigenvalue weighted by molar-refractivity contribution is 0.249. The van der Waals surface area contributed by atoms with Crippen molar-refractivity contribution in [2.75, 3.05) is 37.6 Å². The van der Waals surface area contributed by atoms with E-state index in [1.165, 1.54) is 74.1 Å². The van der Waals surface area contributed by atoms with E-state index in [0.29, 0.717) is 0 Å². The molecule has 1 aromatic carbocycles. The lowest BCUT2D eigenvalue weighted by atomic mass is 9.95. The summed E-state index contributed by atoms with van der Waals surface area (Å²) in [6, 6.07) is 6.67. The smallest absolute Gasteiger partial charge is 0.0408 e. The van der Waals surface area contributed by atoms with Gasteiger partial charge >= 0.3 is 0 Å². The van der Waals surface area contributed by atoms with Crippen LogP contribution in [0.1, 0.15) is 31.2 Å². The number of hydrogen-bond donors (Lipinski definition) is 0. The lowest BCUT2D eigenvalue weighted by Crippen LogP contribution is -2.38. The van der Waals surface area contributed by atoms with Crippen LogP contribution in [0.2, 0.25) is 0 Å². The maximum absolute atomic E-state index is 3.63. The van der Waals surface area contributed by atoms with E-state index in [0.717, 1.165) is 11.2 Å². The number of nitrogens with zero attached hydrogens (tertiary/aromatic N) is 2. The number of likely N-dealkylation sites (tertiary alicyclic amines) is 1. The van der Waals surface area contributed by atoms with Crippen molar-refractivity contribution in [2.45, 2.75) is 31.0 Å². The van der Waals surface area contributed by atoms with E-state index in [4.69, 9.17) is 0 Å². The summed E-state index contributed by atoms with van der Waals surface area (Å²) in [6.45, 7) is 6.42. The molecule has 0 aliphatic carbocycles. The molecule has 1 aromatic rings. The summed E-state index contributed by atoms with van der Waals surface area (Å²) in [6.07, 6.45) is 5.50. The van der Waals surface area contributed by atoms with Gasteiger partial charge in [0.25, 0.3) is 0 Å². The van der Waals surface area contributed by atoms with E-state index in [-0.39, 0.29) is 0 Å². The van der Waals surface area contributed by atoms with Crippen molar-refractivity contribution in [2.24, 2.45) is 5.92 Å². The molecule has 116 valence electrons. The highest BCUT2D eigenvalue weighted by atomic mass is 79.9. The van der Waals surface area contributed by atoms with Gasteiger partial charge in [-0.05, 0) is 68.5 Å². The zero-order valence-electron chi connectivity index (χ0n) is 12.5. The maximum atomic E-state index is 3.63. The molecule has 21 heavy (non-hydrogen) atoms. The average molecular weight is 416 g/mol. The monoisotopic (exact) mass is 414 g/mol. The molecule has 0 atom stereocenters. The number of halogens is 2. The molecule has 0 saturated carbocycles. The molecule has 2 aliphatic rings. The largest absolute Gasteiger partial charge is 0.371 e. The predicted molar refractivity (Wildman–Crippen MR) is 97.4 cm³/mol. The van der Waals surface area contributed by atoms with Crippen LogP contribution in [0.25, 0.3) is 0 Å². The molecule has 2 fully saturated rings. The molecular formula is C17H24Br2N2. The van der Waals surface area contributed by atoms with Crippen LogP contribution in [0, 0.1) is 5.92 Å². The fraction of sp³-hybridized carbons (Fsp3) is 0.647. The van der Waals surface area contributed by atoms with Crippen LogP contribution in [0.15, 0.2) is 22.7 Å². The van der Waals surface area contributed by atoms with Gasteiger partial charge in [0.15, 0.2) is 0 Å². The highest BCUT2D eigenvalue weighted by molar-refractivity contribution is 9.10. The van der Waals surface area contributed by atoms with Gasteiger partial charge in [-0.15, -0.1) is 0 Å². The Kier molecular flexibility index (Phi) is 5.63. The highest BCUT2D eigenvalue weighted by Gasteiger charge is 2.23. The summed E-state index contributed by atoms with van der Waals surface area (Å²) in [4.78, 5) is 5.24. The van der Waals surface area contributed by atoms with Gasteiger partial charge in [-0.25, -0.2) is 0 Å². The Morgan fingerprint density at radius 1 is 1.05 bits per heavy atom. The van der Waals surface area contributed by atoms with Crippen LogP contribution in [0.3, 0.4) is 0 Å². The molecule has 2 nitrogen and oxygen atoms in total. The third-order valence-corrected chi connectivity index (χ3v) is 5.95. The van der Waals surface area contributed by atoms with Gasteiger partial charge in [0.1, 0.15) is 0 Å². The fourth-order valence-electron chi connectivity index (χ4n) is 3.66. The van der Waals surface area contributed by atoms with E-state index in [1.54, 1.807) is 0 Å². The van der Waals surface area contributed by atoms with Crippen LogP contribution in [0.4, 0.5) is 5.69 Å². The second kappa shape index (κ2) is 7.47. The number of anilines is 1. The van der Waals surface area contributed by atoms with Gasteiger partial charge in [0.2, 0.25) is 0 Å². The molecular weight excluding hydrogens is 392 g/mol. The summed E-state index contributed by atoms with van der Waals surface area (Å²) in [5, 5.41) is 0.926. The molecule has 0 bridgehead atoms. The van der Waals surface area contributed by atoms with Crippen molar-refractivity contribution < 1.29 is 0 Å². The molecule has 0 aromatic heterocycles. The Bertz CT molecular complexity index is 464. The normalized spacial score (nSPS) is 21.1. The van der Waals surface area contributed by atoms with Crippen LogP contribution < -0.4 is 4.90 Å². The highest BCUT2D eigenvalue weighted by Crippen LogP contribution is 2.30. The molecule has 4 heteroatoms. The SMILES string of the molecule is BrCc1cc(Br)ccc1N1CCC(CN2CCCC2)CC1. The maximum Gasteiger partial charge on any atom is 0.0408 e. The average Bonchev–Trinajstić information content (AvgIpc) is 3.01. The molecule has 2 heterocycles. The zero-order chi connectivity index (χ0) is 14.7. The lowest BCUT2D eigenvalue weighted by Gasteiger charge is -2.36. The summed E-state index contributed by atoms with van der Waals surface area (Å²) < 4.78 is 1.17. The second-order valence-corrected chi connectivity index (χ2v) is 7.82. The van der Waals surface area contributed by atoms with Crippen molar-refractivity contribution >= 4 is 37.5 Å². The number of piperidine rings is 1. The number of hydrogen-bond acceptors (Lipinski definition) is 2. The molecule has 2 saturated heterocycles. The Morgan fingerprint density at radius 2 is 1.76 bits per heavy atom. The molecule has 2 aliphatic heterocycles. The number of alkyl halides is 1. The first kappa shape index (κ1) is 15.8. The molecule has 0 amide bonds. The number of benzene rings is 1. The zero-order valence-corrected chi connectivity index (χ0v) is 15.7. The van der Waals surface area contributed by atoms with Gasteiger partial charge < -0.3 is 9.80 Å². The Hall–Kier alpha value is -0.0600. The van der Waals surface area contributed by atoms with E-state index < -0.39 is 0 Å². The van der Waals surface area contributed by atoms with E-state index in [9.17, 15) is 0 Å². The first-order valence-electron chi connectivity index (χ1n) is 8.08. The first-order chi connectivity index (χ1) is 10.3. The fourth-order valence-corrected chi connectivity index (χ4v) is 4.51. The second-order valence-electron chi connectivity index (χ2n) is 6.34. The van der Waals surface area contributed by atoms with Gasteiger partial charge in [-0.2, -0.15) is 0 Å². The van der Waals surface area contributed by atoms with E-state index >= 15 is 0 Å². The third kappa shape index (κ3) is 4.02. The molecule has 0 radical (unpaired) electrons. The molecule has 3 rings (SSSR count). The van der Waals surface area contributed by atoms with Crippen LogP contribution in [0.5, 0.6) is 0 Å². The van der Waals surface area contributed by atoms with Crippen molar-refractivity contribution in [3.8, 4) is 0 Å². The quantitative estimate of drug-likeness (QED) is 0.660. The van der Waals surface area contributed by atoms with Crippen molar-refractivity contribution in [3.63, 3.8) is 0 Å². The van der Waals surface area contributed by atoms with Crippen molar-refractivity contribution in [1.29, 1.82) is 0 Å². The van der Waals surface area contributed by atoms with Gasteiger partial charge in [-0.3, -0.25) is 0 Å². The van der Waals surface area contributed by atoms with Crippen LogP contribution in [-0.4, -0.2) is 37.6 Å². The standard InChI is InChI=1S/C17H24Br2N2/c18-12-15-11-16(19)3-4-17(15)21-9-5-14(6-10-21)13-20-7-1-2-8-20/h3-4,11,14H,1-2,5-10,12-13H2. The minimum atomic E-state index is 0.905. The summed E-state index contributed by atoms with van der Waals surface area (Å²) >= 11 is 7.20. The van der Waals surface area contributed by atoms with Crippen LogP contribution in [-0.2, 0) is 5.33 Å². The Labute approximate surface area is 145 Å². The molecule has 0 unspecified atom stereocenters. The third-order valence-electron chi connectivity index (χ3n) is 4.86. The Morgan fingerprint density at radius 3 is 2.43 bits per heavy atom. The number of rotatable bonds is 4. The Balaban J connectivity index is 1.57. The predicted octanol–water partition coefficient (Wildman–Crippen LogP) is 4.66. The van der Waals surface area contributed by atoms with E-state index in [1.807, 2.05) is 0 Å². The minimum absolute atomic E-state index is 0.905. The summed E-state index contributed by atoms with van der Waals surface area (Å²) in [5.41, 5.74) is 2.80. The summed E-state index contributed by atoms with van der Waals surface area (Å²) in [5.74, 6) is 0.905. The van der Waals surface area contributed by atoms with E-state index in [2.05, 4.69) is 59.9 Å². The minimum Gasteiger partial charge on any atom is -0.371 e. The summed E-state index contributed by atoms with van der Waals surface area (Å²) in [7, 11) is 0. The van der Waals surface area contributed by atoms with Gasteiger partial charge in [0, 0.05) is 35.1 Å². The first-order valence-corrected chi connectivity index (χ1v) is 9.99. The van der Waals surface area contributed by atoms with Crippen molar-refractivity contribution in [1.82, 2.24) is 4.90 Å². The van der Waals surface area contributed by atoms with Crippen molar-refractivity contribution in [3.05, 3.63) is 28.2 Å². The molecule has 0 spiro atoms. The van der Waals surface area contributed by atoms with Gasteiger partial charge in [-0.1, -0.05) is 31.9 Å².